The van der Waals surface area contributed by atoms with Crippen molar-refractivity contribution in [3.8, 4) is 5.75 Å². The van der Waals surface area contributed by atoms with Crippen LogP contribution >= 0.6 is 0 Å². The molecule has 3 aromatic rings. The van der Waals surface area contributed by atoms with E-state index < -0.39 is 0 Å². The van der Waals surface area contributed by atoms with Gasteiger partial charge in [0.25, 0.3) is 5.91 Å². The lowest BCUT2D eigenvalue weighted by Crippen LogP contribution is -2.43. The lowest BCUT2D eigenvalue weighted by atomic mass is 9.58. The molecule has 7 nitrogen and oxygen atoms in total. The minimum absolute atomic E-state index is 0.168. The van der Waals surface area contributed by atoms with Crippen molar-refractivity contribution in [1.29, 1.82) is 0 Å². The number of anilines is 1. The summed E-state index contributed by atoms with van der Waals surface area (Å²) in [4.78, 5) is 17.6. The normalized spacial score (nSPS) is 23.5. The number of hydrogen-bond donors (Lipinski definition) is 1. The zero-order chi connectivity index (χ0) is 21.8. The third kappa shape index (κ3) is 3.19. The van der Waals surface area contributed by atoms with Gasteiger partial charge < -0.3 is 14.6 Å². The molecule has 1 fully saturated rings. The van der Waals surface area contributed by atoms with Crippen LogP contribution < -0.4 is 10.1 Å². The monoisotopic (exact) mass is 417 g/mol. The van der Waals surface area contributed by atoms with E-state index in [0.717, 1.165) is 41.4 Å². The summed E-state index contributed by atoms with van der Waals surface area (Å²) in [6.07, 6.45) is 3.77. The Bertz CT molecular complexity index is 1160. The fraction of sp³-hybridized carbons (Fsp3) is 0.417. The van der Waals surface area contributed by atoms with Crippen LogP contribution in [0.3, 0.4) is 0 Å². The van der Waals surface area contributed by atoms with Crippen molar-refractivity contribution in [2.45, 2.75) is 44.4 Å². The Morgan fingerprint density at radius 3 is 2.74 bits per heavy atom. The molecule has 160 valence electrons. The van der Waals surface area contributed by atoms with Crippen molar-refractivity contribution < 1.29 is 9.53 Å². The Hall–Kier alpha value is -3.22. The van der Waals surface area contributed by atoms with E-state index in [1.807, 2.05) is 29.8 Å². The van der Waals surface area contributed by atoms with Crippen molar-refractivity contribution in [1.82, 2.24) is 19.7 Å². The zero-order valence-electron chi connectivity index (χ0n) is 18.3. The SMILES string of the molecule is CC1CC(c2cccc(NC(=O)c3ccc4c(n3)C(C)(C)CO4)c2)(c2nncn2C)C1. The highest BCUT2D eigenvalue weighted by Gasteiger charge is 2.48. The topological polar surface area (TPSA) is 81.9 Å². The summed E-state index contributed by atoms with van der Waals surface area (Å²) in [6, 6.07) is 11.6. The first-order valence-corrected chi connectivity index (χ1v) is 10.7. The summed E-state index contributed by atoms with van der Waals surface area (Å²) in [6.45, 7) is 6.97. The molecule has 1 aliphatic carbocycles. The number of aromatic nitrogens is 4. The molecule has 1 aromatic carbocycles. The number of benzene rings is 1. The second-order valence-electron chi connectivity index (χ2n) is 9.61. The fourth-order valence-electron chi connectivity index (χ4n) is 4.98. The molecule has 0 unspecified atom stereocenters. The number of nitrogens with zero attached hydrogens (tertiary/aromatic N) is 4. The summed E-state index contributed by atoms with van der Waals surface area (Å²) >= 11 is 0. The van der Waals surface area contributed by atoms with E-state index in [1.54, 1.807) is 12.4 Å². The molecule has 0 atom stereocenters. The smallest absolute Gasteiger partial charge is 0.274 e. The molecule has 0 radical (unpaired) electrons. The van der Waals surface area contributed by atoms with E-state index in [-0.39, 0.29) is 16.7 Å². The Labute approximate surface area is 181 Å². The highest BCUT2D eigenvalue weighted by molar-refractivity contribution is 6.03. The predicted octanol–water partition coefficient (Wildman–Crippen LogP) is 3.85. The van der Waals surface area contributed by atoms with Crippen LogP contribution in [0.25, 0.3) is 0 Å². The molecule has 1 saturated carbocycles. The highest BCUT2D eigenvalue weighted by atomic mass is 16.5. The van der Waals surface area contributed by atoms with Crippen LogP contribution in [0.2, 0.25) is 0 Å². The van der Waals surface area contributed by atoms with Crippen LogP contribution in [-0.4, -0.2) is 32.3 Å². The summed E-state index contributed by atoms with van der Waals surface area (Å²) in [5.74, 6) is 2.12. The lowest BCUT2D eigenvalue weighted by Gasteiger charge is -2.46. The maximum atomic E-state index is 13.0. The van der Waals surface area contributed by atoms with Crippen molar-refractivity contribution in [2.24, 2.45) is 13.0 Å². The first kappa shape index (κ1) is 19.7. The summed E-state index contributed by atoms with van der Waals surface area (Å²) in [5, 5.41) is 11.5. The van der Waals surface area contributed by atoms with Crippen LogP contribution in [0.1, 0.15) is 61.2 Å². The molecular weight excluding hydrogens is 390 g/mol. The van der Waals surface area contributed by atoms with Gasteiger partial charge in [0.15, 0.2) is 0 Å². The van der Waals surface area contributed by atoms with Gasteiger partial charge in [-0.15, -0.1) is 10.2 Å². The Morgan fingerprint density at radius 2 is 2.03 bits per heavy atom. The predicted molar refractivity (Wildman–Crippen MR) is 117 cm³/mol. The minimum Gasteiger partial charge on any atom is -0.491 e. The molecule has 5 rings (SSSR count). The molecule has 0 saturated heterocycles. The van der Waals surface area contributed by atoms with E-state index >= 15 is 0 Å². The first-order chi connectivity index (χ1) is 14.8. The van der Waals surface area contributed by atoms with Crippen LogP contribution in [0.15, 0.2) is 42.7 Å². The van der Waals surface area contributed by atoms with Gasteiger partial charge in [0.2, 0.25) is 0 Å². The van der Waals surface area contributed by atoms with Gasteiger partial charge in [0.05, 0.1) is 17.7 Å². The maximum Gasteiger partial charge on any atom is 0.274 e. The summed E-state index contributed by atoms with van der Waals surface area (Å²) in [7, 11) is 1.98. The fourth-order valence-corrected chi connectivity index (χ4v) is 4.98. The van der Waals surface area contributed by atoms with E-state index in [9.17, 15) is 4.79 Å². The molecular formula is C24H27N5O2. The number of pyridine rings is 1. The largest absolute Gasteiger partial charge is 0.491 e. The van der Waals surface area contributed by atoms with Gasteiger partial charge >= 0.3 is 0 Å². The second kappa shape index (κ2) is 6.90. The standard InChI is InChI=1S/C24H27N5O2/c1-15-11-24(12-15,22-28-25-14-29(22)4)16-6-5-7-17(10-16)26-21(30)18-8-9-19-20(27-18)23(2,3)13-31-19/h5-10,14-15H,11-13H2,1-4H3,(H,26,30). The average Bonchev–Trinajstić information content (AvgIpc) is 3.28. The van der Waals surface area contributed by atoms with Crippen LogP contribution in [0, 0.1) is 5.92 Å². The second-order valence-corrected chi connectivity index (χ2v) is 9.61. The van der Waals surface area contributed by atoms with Gasteiger partial charge in [0, 0.05) is 18.2 Å². The minimum atomic E-state index is -0.225. The molecule has 2 aliphatic rings. The number of carbonyl (C=O) groups is 1. The number of fused-ring (bicyclic) bond motifs is 1. The van der Waals surface area contributed by atoms with E-state index in [1.165, 1.54) is 0 Å². The molecule has 0 spiro atoms. The van der Waals surface area contributed by atoms with Gasteiger partial charge in [0.1, 0.15) is 23.6 Å². The molecule has 0 bridgehead atoms. The third-order valence-corrected chi connectivity index (χ3v) is 6.53. The van der Waals surface area contributed by atoms with Crippen molar-refractivity contribution in [2.75, 3.05) is 11.9 Å². The zero-order valence-corrected chi connectivity index (χ0v) is 18.3. The van der Waals surface area contributed by atoms with Crippen LogP contribution in [-0.2, 0) is 17.9 Å². The first-order valence-electron chi connectivity index (χ1n) is 10.7. The van der Waals surface area contributed by atoms with Gasteiger partial charge in [-0.1, -0.05) is 32.9 Å². The van der Waals surface area contributed by atoms with E-state index in [4.69, 9.17) is 4.74 Å². The quantitative estimate of drug-likeness (QED) is 0.697. The number of hydrogen-bond acceptors (Lipinski definition) is 5. The summed E-state index contributed by atoms with van der Waals surface area (Å²) < 4.78 is 7.68. The Kier molecular flexibility index (Phi) is 4.39. The van der Waals surface area contributed by atoms with Gasteiger partial charge in [-0.3, -0.25) is 4.79 Å². The van der Waals surface area contributed by atoms with Gasteiger partial charge in [-0.2, -0.15) is 0 Å². The molecule has 31 heavy (non-hydrogen) atoms. The highest BCUT2D eigenvalue weighted by Crippen LogP contribution is 2.51. The number of aryl methyl sites for hydroxylation is 1. The number of carbonyl (C=O) groups excluding carboxylic acids is 1. The molecule has 1 amide bonds. The van der Waals surface area contributed by atoms with Gasteiger partial charge in [-0.05, 0) is 48.6 Å². The van der Waals surface area contributed by atoms with Crippen molar-refractivity contribution in [3.05, 3.63) is 65.5 Å². The number of ether oxygens (including phenoxy) is 1. The van der Waals surface area contributed by atoms with E-state index in [2.05, 4.69) is 53.4 Å². The Morgan fingerprint density at radius 1 is 1.23 bits per heavy atom. The third-order valence-electron chi connectivity index (χ3n) is 6.53. The van der Waals surface area contributed by atoms with Crippen molar-refractivity contribution >= 4 is 11.6 Å². The summed E-state index contributed by atoms with van der Waals surface area (Å²) in [5.41, 5.74) is 2.76. The molecule has 7 heteroatoms. The van der Waals surface area contributed by atoms with Crippen LogP contribution in [0.5, 0.6) is 5.75 Å². The molecule has 1 aliphatic heterocycles. The molecule has 2 aromatic heterocycles. The molecule has 3 heterocycles. The van der Waals surface area contributed by atoms with Gasteiger partial charge in [-0.25, -0.2) is 4.98 Å². The molecule has 1 N–H and O–H groups in total. The number of amides is 1. The van der Waals surface area contributed by atoms with Crippen LogP contribution in [0.4, 0.5) is 5.69 Å². The Balaban J connectivity index is 1.43. The maximum absolute atomic E-state index is 13.0. The van der Waals surface area contributed by atoms with E-state index in [0.29, 0.717) is 18.2 Å². The van der Waals surface area contributed by atoms with Crippen molar-refractivity contribution in [3.63, 3.8) is 0 Å². The number of rotatable bonds is 4. The lowest BCUT2D eigenvalue weighted by molar-refractivity contribution is 0.102. The average molecular weight is 418 g/mol. The number of nitrogens with one attached hydrogen (secondary N) is 1.